The molecule has 2 nitrogen and oxygen atoms in total. The van der Waals surface area contributed by atoms with Crippen LogP contribution < -0.4 is 0 Å². The minimum Gasteiger partial charge on any atom is -0.0618 e. The minimum absolute atomic E-state index is 0.800. The highest BCUT2D eigenvalue weighted by atomic mass is 15.3. The number of hydrogen-bond donors (Lipinski definition) is 0. The van der Waals surface area contributed by atoms with Gasteiger partial charge >= 0.3 is 0 Å². The maximum absolute atomic E-state index is 4.23. The van der Waals surface area contributed by atoms with E-state index in [9.17, 15) is 0 Å². The summed E-state index contributed by atoms with van der Waals surface area (Å²) < 4.78 is 1.89. The van der Waals surface area contributed by atoms with Gasteiger partial charge in [0.25, 0.3) is 0 Å². The van der Waals surface area contributed by atoms with Crippen LogP contribution >= 0.6 is 0 Å². The third-order valence-electron chi connectivity index (χ3n) is 1.61. The van der Waals surface area contributed by atoms with Crippen LogP contribution in [-0.2, 0) is 0 Å². The molecule has 1 aliphatic heterocycles. The highest BCUT2D eigenvalue weighted by Gasteiger charge is 2.09. The highest BCUT2D eigenvalue weighted by molar-refractivity contribution is 5.28. The fourth-order valence-electron chi connectivity index (χ4n) is 1.08. The molecule has 2 rings (SSSR count). The van der Waals surface area contributed by atoms with Crippen LogP contribution in [-0.4, -0.2) is 11.2 Å². The van der Waals surface area contributed by atoms with Crippen LogP contribution in [0.25, 0.3) is 0 Å². The molecule has 0 saturated carbocycles. The molecule has 0 aliphatic carbocycles. The second-order valence-corrected chi connectivity index (χ2v) is 2.39. The summed E-state index contributed by atoms with van der Waals surface area (Å²) in [5.41, 5.74) is 1.13. The van der Waals surface area contributed by atoms with Crippen molar-refractivity contribution in [3.63, 3.8) is 0 Å². The van der Waals surface area contributed by atoms with E-state index in [1.165, 1.54) is 0 Å². The third kappa shape index (κ3) is 1.19. The van der Waals surface area contributed by atoms with Gasteiger partial charge in [0, 0.05) is 18.2 Å². The number of nitrogens with zero attached hydrogens (tertiary/aromatic N) is 2. The van der Waals surface area contributed by atoms with Crippen molar-refractivity contribution in [2.45, 2.75) is 0 Å². The second kappa shape index (κ2) is 2.66. The quantitative estimate of drug-likeness (QED) is 0.539. The SMILES string of the molecule is C1=C[N+](c2ccccc2)=NC1. The van der Waals surface area contributed by atoms with Crippen molar-refractivity contribution in [1.82, 2.24) is 0 Å². The van der Waals surface area contributed by atoms with Crippen LogP contribution in [0.5, 0.6) is 0 Å². The lowest BCUT2D eigenvalue weighted by atomic mass is 10.3. The van der Waals surface area contributed by atoms with Gasteiger partial charge in [-0.1, -0.05) is 22.9 Å². The number of hydrogen-bond acceptors (Lipinski definition) is 1. The molecule has 0 spiro atoms. The van der Waals surface area contributed by atoms with Gasteiger partial charge in [-0.25, -0.2) is 0 Å². The first-order chi connectivity index (χ1) is 5.47. The third-order valence-corrected chi connectivity index (χ3v) is 1.61. The van der Waals surface area contributed by atoms with Crippen LogP contribution in [0.4, 0.5) is 5.69 Å². The Balaban J connectivity index is 2.37. The predicted octanol–water partition coefficient (Wildman–Crippen LogP) is 2.31. The summed E-state index contributed by atoms with van der Waals surface area (Å²) in [6.45, 7) is 0.800. The van der Waals surface area contributed by atoms with E-state index >= 15 is 0 Å². The Bertz CT molecular complexity index is 299. The molecule has 1 aromatic carbocycles. The largest absolute Gasteiger partial charge is 0.237 e. The zero-order valence-corrected chi connectivity index (χ0v) is 6.14. The number of rotatable bonds is 1. The molecule has 11 heavy (non-hydrogen) atoms. The van der Waals surface area contributed by atoms with E-state index < -0.39 is 0 Å². The molecule has 0 unspecified atom stereocenters. The normalized spacial score (nSPS) is 15.1. The lowest BCUT2D eigenvalue weighted by Crippen LogP contribution is -1.87. The first-order valence-electron chi connectivity index (χ1n) is 3.65. The Morgan fingerprint density at radius 2 is 2.00 bits per heavy atom. The molecule has 2 heteroatoms. The van der Waals surface area contributed by atoms with Gasteiger partial charge < -0.3 is 0 Å². The van der Waals surface area contributed by atoms with Crippen molar-refractivity contribution >= 4 is 5.69 Å². The maximum atomic E-state index is 4.23. The lowest BCUT2D eigenvalue weighted by molar-refractivity contribution is -0.433. The molecule has 0 radical (unpaired) electrons. The van der Waals surface area contributed by atoms with Gasteiger partial charge in [0.15, 0.2) is 0 Å². The Morgan fingerprint density at radius 3 is 2.64 bits per heavy atom. The Kier molecular flexibility index (Phi) is 1.52. The summed E-state index contributed by atoms with van der Waals surface area (Å²) in [5.74, 6) is 0. The van der Waals surface area contributed by atoms with E-state index in [4.69, 9.17) is 0 Å². The average molecular weight is 145 g/mol. The fourth-order valence-corrected chi connectivity index (χ4v) is 1.08. The van der Waals surface area contributed by atoms with Crippen molar-refractivity contribution in [2.24, 2.45) is 5.11 Å². The minimum atomic E-state index is 0.800. The first-order valence-corrected chi connectivity index (χ1v) is 3.65. The van der Waals surface area contributed by atoms with Crippen LogP contribution in [0.3, 0.4) is 0 Å². The van der Waals surface area contributed by atoms with E-state index in [-0.39, 0.29) is 0 Å². The van der Waals surface area contributed by atoms with Gasteiger partial charge in [-0.2, -0.15) is 0 Å². The smallest absolute Gasteiger partial charge is 0.0618 e. The maximum Gasteiger partial charge on any atom is 0.237 e. The zero-order chi connectivity index (χ0) is 7.52. The van der Waals surface area contributed by atoms with Crippen molar-refractivity contribution in [3.05, 3.63) is 42.6 Å². The molecule has 1 heterocycles. The first kappa shape index (κ1) is 6.28. The van der Waals surface area contributed by atoms with Gasteiger partial charge in [0.05, 0.1) is 0 Å². The van der Waals surface area contributed by atoms with Crippen molar-refractivity contribution in [2.75, 3.05) is 6.54 Å². The summed E-state index contributed by atoms with van der Waals surface area (Å²) in [5, 5.41) is 4.23. The average Bonchev–Trinajstić information content (AvgIpc) is 2.58. The summed E-state index contributed by atoms with van der Waals surface area (Å²) in [7, 11) is 0. The van der Waals surface area contributed by atoms with Gasteiger partial charge in [0.1, 0.15) is 6.54 Å². The number of benzene rings is 1. The topological polar surface area (TPSA) is 15.4 Å². The fraction of sp³-hybridized carbons (Fsp3) is 0.111. The summed E-state index contributed by atoms with van der Waals surface area (Å²) >= 11 is 0. The van der Waals surface area contributed by atoms with Crippen molar-refractivity contribution in [3.8, 4) is 0 Å². The van der Waals surface area contributed by atoms with Gasteiger partial charge in [-0.15, -0.1) is 0 Å². The second-order valence-electron chi connectivity index (χ2n) is 2.39. The van der Waals surface area contributed by atoms with Crippen LogP contribution in [0.2, 0.25) is 0 Å². The van der Waals surface area contributed by atoms with E-state index in [2.05, 4.69) is 5.11 Å². The van der Waals surface area contributed by atoms with Crippen LogP contribution in [0.15, 0.2) is 47.7 Å². The van der Waals surface area contributed by atoms with Crippen molar-refractivity contribution < 1.29 is 4.70 Å². The molecular formula is C9H9N2+. The highest BCUT2D eigenvalue weighted by Crippen LogP contribution is 2.13. The van der Waals surface area contributed by atoms with Crippen LogP contribution in [0.1, 0.15) is 0 Å². The predicted molar refractivity (Wildman–Crippen MR) is 42.8 cm³/mol. The van der Waals surface area contributed by atoms with E-state index in [0.29, 0.717) is 0 Å². The molecule has 0 saturated heterocycles. The van der Waals surface area contributed by atoms with Gasteiger partial charge in [-0.05, 0) is 5.11 Å². The molecule has 54 valence electrons. The molecule has 0 bridgehead atoms. The standard InChI is InChI=1S/C9H9N2/c1-2-5-9(6-3-1)11-8-4-7-10-11/h1-6,8H,7H2/q+1. The molecular weight excluding hydrogens is 136 g/mol. The summed E-state index contributed by atoms with van der Waals surface area (Å²) in [6.07, 6.45) is 4.02. The Labute approximate surface area is 65.5 Å². The molecule has 1 aromatic rings. The molecule has 0 amide bonds. The van der Waals surface area contributed by atoms with E-state index in [0.717, 1.165) is 12.2 Å². The van der Waals surface area contributed by atoms with E-state index in [1.807, 2.05) is 47.3 Å². The van der Waals surface area contributed by atoms with Gasteiger partial charge in [-0.3, -0.25) is 0 Å². The summed E-state index contributed by atoms with van der Waals surface area (Å²) in [6, 6.07) is 10.1. The van der Waals surface area contributed by atoms with Gasteiger partial charge in [0.2, 0.25) is 11.9 Å². The van der Waals surface area contributed by atoms with Crippen molar-refractivity contribution in [1.29, 1.82) is 0 Å². The zero-order valence-electron chi connectivity index (χ0n) is 6.14. The number of para-hydroxylation sites is 1. The molecule has 0 atom stereocenters. The Hall–Kier alpha value is -1.44. The lowest BCUT2D eigenvalue weighted by Gasteiger charge is -1.87. The molecule has 0 aromatic heterocycles. The van der Waals surface area contributed by atoms with E-state index in [1.54, 1.807) is 0 Å². The summed E-state index contributed by atoms with van der Waals surface area (Å²) in [4.78, 5) is 0. The molecule has 0 N–H and O–H groups in total. The molecule has 1 aliphatic rings. The number of azo groups is 2. The molecule has 0 fully saturated rings. The monoisotopic (exact) mass is 145 g/mol. The van der Waals surface area contributed by atoms with Crippen LogP contribution in [0, 0.1) is 0 Å². The Morgan fingerprint density at radius 1 is 1.18 bits per heavy atom.